The summed E-state index contributed by atoms with van der Waals surface area (Å²) in [6, 6.07) is 0. The first-order valence-corrected chi connectivity index (χ1v) is 14.9. The largest absolute Gasteiger partial charge is 0.481 e. The molecule has 0 aliphatic heterocycles. The van der Waals surface area contributed by atoms with Gasteiger partial charge < -0.3 is 14.9 Å². The molecule has 6 nitrogen and oxygen atoms in total. The van der Waals surface area contributed by atoms with E-state index in [4.69, 9.17) is 9.84 Å². The Morgan fingerprint density at radius 2 is 1.47 bits per heavy atom. The van der Waals surface area contributed by atoms with E-state index in [0.29, 0.717) is 30.1 Å². The summed E-state index contributed by atoms with van der Waals surface area (Å²) in [5, 5.41) is 19.7. The highest BCUT2D eigenvalue weighted by molar-refractivity contribution is 6.28. The van der Waals surface area contributed by atoms with Gasteiger partial charge in [-0.15, -0.1) is 0 Å². The molecule has 5 rings (SSSR count). The first-order valence-electron chi connectivity index (χ1n) is 14.9. The number of ether oxygens (including phenoxy) is 1. The van der Waals surface area contributed by atoms with Crippen molar-refractivity contribution in [2.24, 2.45) is 56.7 Å². The maximum absolute atomic E-state index is 12.8. The summed E-state index contributed by atoms with van der Waals surface area (Å²) in [5.74, 6) is -1.56. The van der Waals surface area contributed by atoms with Gasteiger partial charge in [0, 0.05) is 5.41 Å². The van der Waals surface area contributed by atoms with Crippen LogP contribution in [-0.2, 0) is 19.1 Å². The van der Waals surface area contributed by atoms with Crippen molar-refractivity contribution in [1.29, 1.82) is 0 Å². The molecule has 6 heteroatoms. The van der Waals surface area contributed by atoms with Gasteiger partial charge in [0.1, 0.15) is 6.10 Å². The molecule has 0 bridgehead atoms. The van der Waals surface area contributed by atoms with Gasteiger partial charge in [-0.3, -0.25) is 4.79 Å². The van der Waals surface area contributed by atoms with E-state index in [2.05, 4.69) is 48.1 Å². The zero-order valence-electron chi connectivity index (χ0n) is 24.3. The van der Waals surface area contributed by atoms with Crippen molar-refractivity contribution in [2.75, 3.05) is 0 Å². The van der Waals surface area contributed by atoms with Crippen LogP contribution in [0.5, 0.6) is 0 Å². The molecular formula is C32H48O6. The molecule has 0 aromatic carbocycles. The molecule has 38 heavy (non-hydrogen) atoms. The van der Waals surface area contributed by atoms with Crippen molar-refractivity contribution in [3.63, 3.8) is 0 Å². The predicted molar refractivity (Wildman–Crippen MR) is 144 cm³/mol. The standard InChI is InChI=1S/C32H48O6/c1-18(2)19-10-15-32(27(36)37)17-16-30(6)20(24(19)32)8-9-22-29(5)13-12-23(38-26(35)25(33)34)28(3,4)21(29)11-14-31(22,30)7/h19-24H,1,8-17H2,2-7H3,(H,33,34)(H,36,37)/t19-,20+,21-,22+,23-,24+,29-,30+,31+,32-/m0/s1. The van der Waals surface area contributed by atoms with Gasteiger partial charge in [0.05, 0.1) is 5.41 Å². The zero-order valence-corrected chi connectivity index (χ0v) is 24.3. The van der Waals surface area contributed by atoms with Gasteiger partial charge in [0.25, 0.3) is 0 Å². The molecule has 0 spiro atoms. The highest BCUT2D eigenvalue weighted by Crippen LogP contribution is 2.77. The maximum Gasteiger partial charge on any atom is 0.417 e. The zero-order chi connectivity index (χ0) is 28.1. The molecule has 2 N–H and O–H groups in total. The number of esters is 1. The molecule has 0 radical (unpaired) electrons. The van der Waals surface area contributed by atoms with Gasteiger partial charge in [0.15, 0.2) is 0 Å². The van der Waals surface area contributed by atoms with Crippen LogP contribution in [0.15, 0.2) is 12.2 Å². The minimum atomic E-state index is -1.52. The van der Waals surface area contributed by atoms with Crippen LogP contribution in [0.2, 0.25) is 0 Å². The number of fused-ring (bicyclic) bond motifs is 7. The SMILES string of the molecule is C=C(C)[C@@H]1CC[C@]2(C(=O)O)CC[C@]3(C)[C@H](CC[C@@H]4[C@@]5(C)CC[C@H](OC(=O)C(=O)O)C(C)(C)[C@@H]5CC[C@]43C)[C@@H]12. The van der Waals surface area contributed by atoms with E-state index in [9.17, 15) is 19.5 Å². The second kappa shape index (κ2) is 8.57. The topological polar surface area (TPSA) is 101 Å². The monoisotopic (exact) mass is 528 g/mol. The third-order valence-electron chi connectivity index (χ3n) is 13.9. The number of rotatable bonds is 3. The Labute approximate surface area is 228 Å². The lowest BCUT2D eigenvalue weighted by molar-refractivity contribution is -0.250. The summed E-state index contributed by atoms with van der Waals surface area (Å²) in [6.07, 6.45) is 8.98. The number of hydrogen-bond donors (Lipinski definition) is 2. The molecule has 0 heterocycles. The minimum Gasteiger partial charge on any atom is -0.481 e. The first-order chi connectivity index (χ1) is 17.6. The fourth-order valence-corrected chi connectivity index (χ4v) is 11.9. The van der Waals surface area contributed by atoms with Gasteiger partial charge >= 0.3 is 17.9 Å². The van der Waals surface area contributed by atoms with Crippen LogP contribution in [0.3, 0.4) is 0 Å². The number of carbonyl (C=O) groups is 3. The van der Waals surface area contributed by atoms with Crippen molar-refractivity contribution in [2.45, 2.75) is 112 Å². The van der Waals surface area contributed by atoms with E-state index in [1.807, 2.05) is 0 Å². The quantitative estimate of drug-likeness (QED) is 0.239. The van der Waals surface area contributed by atoms with E-state index < -0.39 is 23.3 Å². The molecule has 212 valence electrons. The summed E-state index contributed by atoms with van der Waals surface area (Å²) in [7, 11) is 0. The predicted octanol–water partition coefficient (Wildman–Crippen LogP) is 6.73. The normalized spacial score (nSPS) is 49.0. The van der Waals surface area contributed by atoms with Crippen LogP contribution in [-0.4, -0.2) is 34.2 Å². The second-order valence-electron chi connectivity index (χ2n) is 15.2. The number of carboxylic acid groups (broad SMARTS) is 2. The number of allylic oxidation sites excluding steroid dienone is 1. The molecule has 5 aliphatic carbocycles. The van der Waals surface area contributed by atoms with Crippen LogP contribution in [0, 0.1) is 56.7 Å². The van der Waals surface area contributed by atoms with Crippen LogP contribution in [0.25, 0.3) is 0 Å². The van der Waals surface area contributed by atoms with Gasteiger partial charge in [0.2, 0.25) is 0 Å². The molecular weight excluding hydrogens is 480 g/mol. The van der Waals surface area contributed by atoms with Crippen LogP contribution < -0.4 is 0 Å². The Kier molecular flexibility index (Phi) is 6.25. The Morgan fingerprint density at radius 1 is 0.789 bits per heavy atom. The van der Waals surface area contributed by atoms with Gasteiger partial charge in [-0.2, -0.15) is 0 Å². The number of carboxylic acids is 2. The lowest BCUT2D eigenvalue weighted by atomic mass is 9.32. The highest BCUT2D eigenvalue weighted by atomic mass is 16.6. The van der Waals surface area contributed by atoms with Crippen molar-refractivity contribution < 1.29 is 29.3 Å². The van der Waals surface area contributed by atoms with E-state index in [-0.39, 0.29) is 33.7 Å². The van der Waals surface area contributed by atoms with Gasteiger partial charge in [-0.25, -0.2) is 9.59 Å². The Balaban J connectivity index is 1.49. The fraction of sp³-hybridized carbons (Fsp3) is 0.844. The van der Waals surface area contributed by atoms with Crippen LogP contribution >= 0.6 is 0 Å². The van der Waals surface area contributed by atoms with E-state index in [1.54, 1.807) is 0 Å². The number of carbonyl (C=O) groups excluding carboxylic acids is 1. The maximum atomic E-state index is 12.8. The average Bonchev–Trinajstić information content (AvgIpc) is 3.22. The van der Waals surface area contributed by atoms with E-state index in [0.717, 1.165) is 63.4 Å². The molecule has 5 saturated carbocycles. The van der Waals surface area contributed by atoms with E-state index >= 15 is 0 Å². The van der Waals surface area contributed by atoms with Crippen molar-refractivity contribution >= 4 is 17.9 Å². The molecule has 0 amide bonds. The summed E-state index contributed by atoms with van der Waals surface area (Å²) < 4.78 is 5.54. The highest BCUT2D eigenvalue weighted by Gasteiger charge is 2.72. The second-order valence-corrected chi connectivity index (χ2v) is 15.2. The average molecular weight is 529 g/mol. The molecule has 5 aliphatic rings. The third kappa shape index (κ3) is 3.39. The van der Waals surface area contributed by atoms with Crippen molar-refractivity contribution in [1.82, 2.24) is 0 Å². The van der Waals surface area contributed by atoms with Crippen LogP contribution in [0.1, 0.15) is 106 Å². The molecule has 0 saturated heterocycles. The molecule has 0 unspecified atom stereocenters. The lowest BCUT2D eigenvalue weighted by Crippen LogP contribution is -2.67. The summed E-state index contributed by atoms with van der Waals surface area (Å²) in [4.78, 5) is 36.0. The van der Waals surface area contributed by atoms with E-state index in [1.165, 1.54) is 0 Å². The third-order valence-corrected chi connectivity index (χ3v) is 13.9. The van der Waals surface area contributed by atoms with Crippen molar-refractivity contribution in [3.05, 3.63) is 12.2 Å². The summed E-state index contributed by atoms with van der Waals surface area (Å²) in [6.45, 7) is 18.2. The molecule has 0 aromatic rings. The van der Waals surface area contributed by atoms with Gasteiger partial charge in [-0.1, -0.05) is 46.8 Å². The first kappa shape index (κ1) is 27.7. The lowest BCUT2D eigenvalue weighted by Gasteiger charge is -2.72. The smallest absolute Gasteiger partial charge is 0.417 e. The Hall–Kier alpha value is -1.85. The molecule has 5 fully saturated rings. The Morgan fingerprint density at radius 3 is 2.08 bits per heavy atom. The summed E-state index contributed by atoms with van der Waals surface area (Å²) in [5.41, 5.74) is 0.491. The fourth-order valence-electron chi connectivity index (χ4n) is 11.9. The molecule has 0 aromatic heterocycles. The number of hydrogen-bond acceptors (Lipinski definition) is 4. The minimum absolute atomic E-state index is 0.0708. The Bertz CT molecular complexity index is 1060. The van der Waals surface area contributed by atoms with Crippen LogP contribution in [0.4, 0.5) is 0 Å². The molecule has 10 atom stereocenters. The summed E-state index contributed by atoms with van der Waals surface area (Å²) >= 11 is 0. The van der Waals surface area contributed by atoms with Gasteiger partial charge in [-0.05, 0) is 117 Å². The number of aliphatic carboxylic acids is 2. The van der Waals surface area contributed by atoms with Crippen molar-refractivity contribution in [3.8, 4) is 0 Å².